The van der Waals surface area contributed by atoms with Crippen LogP contribution in [0.25, 0.3) is 11.6 Å². The summed E-state index contributed by atoms with van der Waals surface area (Å²) in [7, 11) is 0. The van der Waals surface area contributed by atoms with Crippen molar-refractivity contribution in [3.8, 4) is 0 Å². The summed E-state index contributed by atoms with van der Waals surface area (Å²) in [6.07, 6.45) is 3.17. The maximum Gasteiger partial charge on any atom is 0.150 e. The highest BCUT2D eigenvalue weighted by Gasteiger charge is 2.15. The van der Waals surface area contributed by atoms with E-state index in [1.54, 1.807) is 0 Å². The Bertz CT molecular complexity index is 802. The zero-order valence-electron chi connectivity index (χ0n) is 15.9. The normalized spacial score (nSPS) is 12.4. The summed E-state index contributed by atoms with van der Waals surface area (Å²) in [5.41, 5.74) is 9.38. The van der Waals surface area contributed by atoms with Crippen LogP contribution in [-0.2, 0) is 5.41 Å². The first-order chi connectivity index (χ1) is 11.1. The van der Waals surface area contributed by atoms with Crippen molar-refractivity contribution in [2.75, 3.05) is 0 Å². The van der Waals surface area contributed by atoms with Crippen molar-refractivity contribution in [2.45, 2.75) is 53.9 Å². The summed E-state index contributed by atoms with van der Waals surface area (Å²) in [4.78, 5) is 11.3. The molecule has 126 valence electrons. The topological polar surface area (TPSA) is 17.1 Å². The summed E-state index contributed by atoms with van der Waals surface area (Å²) in [5.74, 6) is 0. The van der Waals surface area contributed by atoms with Crippen molar-refractivity contribution in [1.29, 1.82) is 0 Å². The Morgan fingerprint density at radius 1 is 0.958 bits per heavy atom. The number of carbonyl (C=O) groups is 1. The Morgan fingerprint density at radius 2 is 1.62 bits per heavy atom. The molecule has 0 heterocycles. The average Bonchev–Trinajstić information content (AvgIpc) is 2.50. The molecule has 0 unspecified atom stereocenters. The fourth-order valence-electron chi connectivity index (χ4n) is 2.92. The van der Waals surface area contributed by atoms with Gasteiger partial charge in [0.05, 0.1) is 0 Å². The summed E-state index contributed by atoms with van der Waals surface area (Å²) in [6, 6.07) is 10.6. The molecular formula is C23H28O. The van der Waals surface area contributed by atoms with Crippen LogP contribution in [0.2, 0.25) is 0 Å². The molecule has 0 aliphatic rings. The maximum atomic E-state index is 11.3. The van der Waals surface area contributed by atoms with Crippen LogP contribution in [0.1, 0.15) is 71.4 Å². The van der Waals surface area contributed by atoms with E-state index >= 15 is 0 Å². The molecule has 0 aliphatic heterocycles. The lowest BCUT2D eigenvalue weighted by Crippen LogP contribution is -2.12. The number of hydrogen-bond donors (Lipinski definition) is 0. The molecule has 0 spiro atoms. The van der Waals surface area contributed by atoms with Crippen LogP contribution >= 0.6 is 0 Å². The molecule has 0 fully saturated rings. The Morgan fingerprint density at radius 3 is 2.21 bits per heavy atom. The second-order valence-corrected chi connectivity index (χ2v) is 7.83. The average molecular weight is 320 g/mol. The van der Waals surface area contributed by atoms with Gasteiger partial charge in [0.15, 0.2) is 0 Å². The quantitative estimate of drug-likeness (QED) is 0.480. The van der Waals surface area contributed by atoms with Crippen LogP contribution in [0.3, 0.4) is 0 Å². The van der Waals surface area contributed by atoms with Crippen molar-refractivity contribution in [2.24, 2.45) is 0 Å². The minimum absolute atomic E-state index is 0.0177. The third-order valence-electron chi connectivity index (χ3n) is 4.64. The number of carbonyl (C=O) groups excluding carboxylic acids is 1. The smallest absolute Gasteiger partial charge is 0.150 e. The van der Waals surface area contributed by atoms with Crippen molar-refractivity contribution in [3.63, 3.8) is 0 Å². The molecule has 2 aromatic rings. The third kappa shape index (κ3) is 4.03. The highest BCUT2D eigenvalue weighted by molar-refractivity contribution is 5.85. The fourth-order valence-corrected chi connectivity index (χ4v) is 2.92. The highest BCUT2D eigenvalue weighted by atomic mass is 16.1. The first kappa shape index (κ1) is 18.2. The molecule has 0 aromatic heterocycles. The van der Waals surface area contributed by atoms with Crippen LogP contribution in [-0.4, -0.2) is 6.29 Å². The zero-order valence-corrected chi connectivity index (χ0v) is 15.9. The lowest BCUT2D eigenvalue weighted by atomic mass is 9.84. The number of benzene rings is 2. The van der Waals surface area contributed by atoms with Crippen molar-refractivity contribution in [3.05, 3.63) is 69.3 Å². The molecule has 0 atom stereocenters. The molecular weight excluding hydrogens is 292 g/mol. The summed E-state index contributed by atoms with van der Waals surface area (Å²) in [6.45, 7) is 15.1. The summed E-state index contributed by atoms with van der Waals surface area (Å²) < 4.78 is 0. The predicted molar refractivity (Wildman–Crippen MR) is 105 cm³/mol. The van der Waals surface area contributed by atoms with Gasteiger partial charge in [0.2, 0.25) is 0 Å². The van der Waals surface area contributed by atoms with E-state index in [4.69, 9.17) is 0 Å². The number of aldehydes is 1. The molecule has 0 amide bonds. The van der Waals surface area contributed by atoms with Gasteiger partial charge in [0.1, 0.15) is 6.29 Å². The molecule has 0 radical (unpaired) electrons. The maximum absolute atomic E-state index is 11.3. The van der Waals surface area contributed by atoms with E-state index in [9.17, 15) is 4.79 Å². The zero-order chi connectivity index (χ0) is 18.1. The summed E-state index contributed by atoms with van der Waals surface area (Å²) in [5, 5.41) is 0. The van der Waals surface area contributed by atoms with E-state index in [0.29, 0.717) is 0 Å². The van der Waals surface area contributed by atoms with Crippen LogP contribution < -0.4 is 0 Å². The Hall–Kier alpha value is -2.15. The van der Waals surface area contributed by atoms with Gasteiger partial charge >= 0.3 is 0 Å². The van der Waals surface area contributed by atoms with Crippen LogP contribution in [0.15, 0.2) is 30.3 Å². The minimum Gasteiger partial charge on any atom is -0.298 e. The largest absolute Gasteiger partial charge is 0.298 e. The predicted octanol–water partition coefficient (Wildman–Crippen LogP) is 6.28. The fraction of sp³-hybridized carbons (Fsp3) is 0.348. The molecule has 2 rings (SSSR count). The molecule has 0 aliphatic carbocycles. The Balaban J connectivity index is 2.57. The molecule has 2 aromatic carbocycles. The van der Waals surface area contributed by atoms with Crippen molar-refractivity contribution in [1.82, 2.24) is 0 Å². The van der Waals surface area contributed by atoms with Gasteiger partial charge in [-0.05, 0) is 78.6 Å². The highest BCUT2D eigenvalue weighted by Crippen LogP contribution is 2.28. The number of allylic oxidation sites excluding steroid dienone is 1. The van der Waals surface area contributed by atoms with Gasteiger partial charge in [0.25, 0.3) is 0 Å². The monoisotopic (exact) mass is 320 g/mol. The first-order valence-corrected chi connectivity index (χ1v) is 8.49. The van der Waals surface area contributed by atoms with E-state index in [1.165, 1.54) is 33.4 Å². The standard InChI is InChI=1S/C23H28O/c1-15-8-16(2)18(4)21(9-15)10-17(3)20-11-19(14-24)12-22(13-20)23(5,6)7/h8-14H,1-7H3. The van der Waals surface area contributed by atoms with E-state index in [0.717, 1.165) is 17.4 Å². The second kappa shape index (κ2) is 6.76. The van der Waals surface area contributed by atoms with Crippen molar-refractivity contribution < 1.29 is 4.79 Å². The molecule has 0 saturated heterocycles. The van der Waals surface area contributed by atoms with Crippen LogP contribution in [0, 0.1) is 20.8 Å². The van der Waals surface area contributed by atoms with Crippen LogP contribution in [0.4, 0.5) is 0 Å². The molecule has 1 nitrogen and oxygen atoms in total. The molecule has 24 heavy (non-hydrogen) atoms. The van der Waals surface area contributed by atoms with E-state index in [2.05, 4.69) is 72.7 Å². The van der Waals surface area contributed by atoms with Gasteiger partial charge in [-0.3, -0.25) is 4.79 Å². The second-order valence-electron chi connectivity index (χ2n) is 7.83. The molecule has 0 N–H and O–H groups in total. The van der Waals surface area contributed by atoms with Crippen LogP contribution in [0.5, 0.6) is 0 Å². The van der Waals surface area contributed by atoms with E-state index in [1.807, 2.05) is 12.1 Å². The Kier molecular flexibility index (Phi) is 5.13. The number of rotatable bonds is 3. The SMILES string of the molecule is CC(=Cc1cc(C)cc(C)c1C)c1cc(C=O)cc(C(C)(C)C)c1. The van der Waals surface area contributed by atoms with Gasteiger partial charge in [-0.1, -0.05) is 50.6 Å². The summed E-state index contributed by atoms with van der Waals surface area (Å²) >= 11 is 0. The first-order valence-electron chi connectivity index (χ1n) is 8.49. The lowest BCUT2D eigenvalue weighted by molar-refractivity contribution is 0.112. The number of hydrogen-bond acceptors (Lipinski definition) is 1. The van der Waals surface area contributed by atoms with Gasteiger partial charge in [-0.2, -0.15) is 0 Å². The molecule has 0 saturated carbocycles. The van der Waals surface area contributed by atoms with E-state index < -0.39 is 0 Å². The molecule has 1 heteroatoms. The molecule has 0 bridgehead atoms. The number of aryl methyl sites for hydroxylation is 2. The lowest BCUT2D eigenvalue weighted by Gasteiger charge is -2.21. The van der Waals surface area contributed by atoms with E-state index in [-0.39, 0.29) is 5.41 Å². The third-order valence-corrected chi connectivity index (χ3v) is 4.64. The Labute approximate surface area is 146 Å². The van der Waals surface area contributed by atoms with Crippen molar-refractivity contribution >= 4 is 17.9 Å². The van der Waals surface area contributed by atoms with Gasteiger partial charge in [-0.15, -0.1) is 0 Å². The van der Waals surface area contributed by atoms with Gasteiger partial charge in [0, 0.05) is 5.56 Å². The minimum atomic E-state index is 0.0177. The van der Waals surface area contributed by atoms with Gasteiger partial charge < -0.3 is 0 Å². The van der Waals surface area contributed by atoms with Gasteiger partial charge in [-0.25, -0.2) is 0 Å².